The van der Waals surface area contributed by atoms with Crippen LogP contribution in [-0.2, 0) is 6.42 Å². The minimum absolute atomic E-state index is 0.195. The van der Waals surface area contributed by atoms with Gasteiger partial charge in [-0.2, -0.15) is 0 Å². The third-order valence-corrected chi connectivity index (χ3v) is 2.85. The maximum Gasteiger partial charge on any atom is 0.119 e. The maximum absolute atomic E-state index is 5.74. The molecule has 0 fully saturated rings. The highest BCUT2D eigenvalue weighted by atomic mass is 127. The zero-order chi connectivity index (χ0) is 9.84. The molecule has 1 aromatic rings. The standard InChI is InChI=1S/C10H14INO/c1-7(12)5-8-6-9(13-2)3-4-10(8)11/h3-4,6-7H,5,12H2,1-2H3/t7-/m0/s1. The highest BCUT2D eigenvalue weighted by Crippen LogP contribution is 2.20. The van der Waals surface area contributed by atoms with Crippen LogP contribution in [0.25, 0.3) is 0 Å². The molecule has 0 aliphatic rings. The Kier molecular flexibility index (Phi) is 3.99. The van der Waals surface area contributed by atoms with Gasteiger partial charge in [-0.1, -0.05) is 0 Å². The van der Waals surface area contributed by atoms with E-state index >= 15 is 0 Å². The Morgan fingerprint density at radius 2 is 2.23 bits per heavy atom. The lowest BCUT2D eigenvalue weighted by Crippen LogP contribution is -2.18. The summed E-state index contributed by atoms with van der Waals surface area (Å²) in [5, 5.41) is 0. The summed E-state index contributed by atoms with van der Waals surface area (Å²) in [4.78, 5) is 0. The normalized spacial score (nSPS) is 12.6. The molecule has 72 valence electrons. The van der Waals surface area contributed by atoms with E-state index in [0.717, 1.165) is 12.2 Å². The van der Waals surface area contributed by atoms with Crippen molar-refractivity contribution < 1.29 is 4.74 Å². The van der Waals surface area contributed by atoms with Crippen LogP contribution in [0.3, 0.4) is 0 Å². The first kappa shape index (κ1) is 10.8. The molecule has 0 aromatic heterocycles. The minimum atomic E-state index is 0.195. The maximum atomic E-state index is 5.74. The zero-order valence-electron chi connectivity index (χ0n) is 7.88. The number of hydrogen-bond donors (Lipinski definition) is 1. The third-order valence-electron chi connectivity index (χ3n) is 1.79. The molecule has 0 saturated heterocycles. The monoisotopic (exact) mass is 291 g/mol. The van der Waals surface area contributed by atoms with Crippen LogP contribution in [0.5, 0.6) is 5.75 Å². The molecule has 1 aromatic carbocycles. The Morgan fingerprint density at radius 1 is 1.54 bits per heavy atom. The summed E-state index contributed by atoms with van der Waals surface area (Å²) in [5.41, 5.74) is 7.00. The van der Waals surface area contributed by atoms with E-state index < -0.39 is 0 Å². The van der Waals surface area contributed by atoms with Crippen molar-refractivity contribution in [2.24, 2.45) is 5.73 Å². The van der Waals surface area contributed by atoms with Crippen molar-refractivity contribution >= 4 is 22.6 Å². The summed E-state index contributed by atoms with van der Waals surface area (Å²) in [6.07, 6.45) is 0.898. The SMILES string of the molecule is COc1ccc(I)c(C[C@H](C)N)c1. The molecule has 0 spiro atoms. The predicted molar refractivity (Wildman–Crippen MR) is 63.1 cm³/mol. The van der Waals surface area contributed by atoms with Gasteiger partial charge >= 0.3 is 0 Å². The van der Waals surface area contributed by atoms with Crippen molar-refractivity contribution in [1.29, 1.82) is 0 Å². The molecule has 0 aliphatic carbocycles. The van der Waals surface area contributed by atoms with Crippen LogP contribution < -0.4 is 10.5 Å². The lowest BCUT2D eigenvalue weighted by molar-refractivity contribution is 0.414. The Balaban J connectivity index is 2.90. The summed E-state index contributed by atoms with van der Waals surface area (Å²) in [6.45, 7) is 2.01. The summed E-state index contributed by atoms with van der Waals surface area (Å²) in [5.74, 6) is 0.899. The number of ether oxygens (including phenoxy) is 1. The van der Waals surface area contributed by atoms with Gasteiger partial charge in [-0.3, -0.25) is 0 Å². The van der Waals surface area contributed by atoms with Crippen LogP contribution in [0, 0.1) is 3.57 Å². The molecule has 0 radical (unpaired) electrons. The molecule has 1 atom stereocenters. The molecule has 0 saturated carbocycles. The average Bonchev–Trinajstić information content (AvgIpc) is 2.08. The van der Waals surface area contributed by atoms with Crippen molar-refractivity contribution in [1.82, 2.24) is 0 Å². The van der Waals surface area contributed by atoms with E-state index in [2.05, 4.69) is 28.7 Å². The first-order valence-corrected chi connectivity index (χ1v) is 5.29. The van der Waals surface area contributed by atoms with E-state index in [-0.39, 0.29) is 6.04 Å². The second-order valence-electron chi connectivity index (χ2n) is 3.14. The van der Waals surface area contributed by atoms with Gasteiger partial charge in [0.05, 0.1) is 7.11 Å². The zero-order valence-corrected chi connectivity index (χ0v) is 10.0. The van der Waals surface area contributed by atoms with Crippen molar-refractivity contribution in [2.45, 2.75) is 19.4 Å². The molecular weight excluding hydrogens is 277 g/mol. The number of benzene rings is 1. The van der Waals surface area contributed by atoms with Crippen LogP contribution in [0.2, 0.25) is 0 Å². The van der Waals surface area contributed by atoms with E-state index in [0.29, 0.717) is 0 Å². The first-order chi connectivity index (χ1) is 6.13. The van der Waals surface area contributed by atoms with Gasteiger partial charge in [-0.05, 0) is 59.7 Å². The van der Waals surface area contributed by atoms with Gasteiger partial charge in [0.15, 0.2) is 0 Å². The van der Waals surface area contributed by atoms with Crippen LogP contribution in [0.4, 0.5) is 0 Å². The van der Waals surface area contributed by atoms with Gasteiger partial charge in [0.1, 0.15) is 5.75 Å². The van der Waals surface area contributed by atoms with Crippen molar-refractivity contribution in [3.63, 3.8) is 0 Å². The Labute approximate surface area is 92.6 Å². The quantitative estimate of drug-likeness (QED) is 0.866. The first-order valence-electron chi connectivity index (χ1n) is 4.21. The Morgan fingerprint density at radius 3 is 2.77 bits per heavy atom. The molecule has 3 heteroatoms. The predicted octanol–water partition coefficient (Wildman–Crippen LogP) is 2.19. The lowest BCUT2D eigenvalue weighted by Gasteiger charge is -2.09. The molecule has 1 rings (SSSR count). The Bertz CT molecular complexity index is 286. The summed E-state index contributed by atoms with van der Waals surface area (Å²) in [7, 11) is 1.68. The lowest BCUT2D eigenvalue weighted by atomic mass is 10.1. The highest BCUT2D eigenvalue weighted by Gasteiger charge is 2.04. The van der Waals surface area contributed by atoms with Crippen LogP contribution in [-0.4, -0.2) is 13.2 Å². The minimum Gasteiger partial charge on any atom is -0.497 e. The van der Waals surface area contributed by atoms with E-state index in [1.54, 1.807) is 7.11 Å². The summed E-state index contributed by atoms with van der Waals surface area (Å²) >= 11 is 2.32. The van der Waals surface area contributed by atoms with Crippen LogP contribution in [0.1, 0.15) is 12.5 Å². The molecule has 0 heterocycles. The molecule has 0 aliphatic heterocycles. The number of hydrogen-bond acceptors (Lipinski definition) is 2. The largest absolute Gasteiger partial charge is 0.497 e. The van der Waals surface area contributed by atoms with Crippen molar-refractivity contribution in [3.8, 4) is 5.75 Å². The fourth-order valence-corrected chi connectivity index (χ4v) is 1.74. The van der Waals surface area contributed by atoms with Crippen molar-refractivity contribution in [3.05, 3.63) is 27.3 Å². The summed E-state index contributed by atoms with van der Waals surface area (Å²) in [6, 6.07) is 6.26. The topological polar surface area (TPSA) is 35.2 Å². The fourth-order valence-electron chi connectivity index (χ4n) is 1.18. The van der Waals surface area contributed by atoms with E-state index in [1.165, 1.54) is 9.13 Å². The van der Waals surface area contributed by atoms with Gasteiger partial charge < -0.3 is 10.5 Å². The number of halogens is 1. The second kappa shape index (κ2) is 4.81. The van der Waals surface area contributed by atoms with E-state index in [1.807, 2.05) is 19.1 Å². The van der Waals surface area contributed by atoms with E-state index in [9.17, 15) is 0 Å². The second-order valence-corrected chi connectivity index (χ2v) is 4.30. The number of rotatable bonds is 3. The van der Waals surface area contributed by atoms with Gasteiger partial charge in [0.25, 0.3) is 0 Å². The molecule has 13 heavy (non-hydrogen) atoms. The van der Waals surface area contributed by atoms with Crippen LogP contribution in [0.15, 0.2) is 18.2 Å². The smallest absolute Gasteiger partial charge is 0.119 e. The average molecular weight is 291 g/mol. The van der Waals surface area contributed by atoms with Crippen molar-refractivity contribution in [2.75, 3.05) is 7.11 Å². The number of nitrogens with two attached hydrogens (primary N) is 1. The third kappa shape index (κ3) is 3.15. The molecule has 0 amide bonds. The van der Waals surface area contributed by atoms with Gasteiger partial charge in [-0.15, -0.1) is 0 Å². The molecular formula is C10H14INO. The van der Waals surface area contributed by atoms with Crippen LogP contribution >= 0.6 is 22.6 Å². The van der Waals surface area contributed by atoms with E-state index in [4.69, 9.17) is 10.5 Å². The summed E-state index contributed by atoms with van der Waals surface area (Å²) < 4.78 is 6.39. The Hall–Kier alpha value is -0.290. The highest BCUT2D eigenvalue weighted by molar-refractivity contribution is 14.1. The van der Waals surface area contributed by atoms with Gasteiger partial charge in [-0.25, -0.2) is 0 Å². The number of methoxy groups -OCH3 is 1. The van der Waals surface area contributed by atoms with Gasteiger partial charge in [0.2, 0.25) is 0 Å². The fraction of sp³-hybridized carbons (Fsp3) is 0.400. The molecule has 2 N–H and O–H groups in total. The molecule has 0 unspecified atom stereocenters. The molecule has 0 bridgehead atoms. The molecule has 2 nitrogen and oxygen atoms in total. The van der Waals surface area contributed by atoms with Gasteiger partial charge in [0, 0.05) is 9.61 Å².